The largest absolute Gasteiger partial charge is 0.497 e. The van der Waals surface area contributed by atoms with Crippen LogP contribution in [0.4, 0.5) is 0 Å². The fraction of sp³-hybridized carbons (Fsp3) is 0.462. The Morgan fingerprint density at radius 1 is 1.44 bits per heavy atom. The standard InChI is InChI=1S/C13H19NO3S/c1-17-11-5-3-10(4-6-11)9-14-12(13(15)16)7-8-18-2/h3-6,12,14H,7-9H2,1-2H3,(H,15,16). The first-order valence-electron chi connectivity index (χ1n) is 5.75. The van der Waals surface area contributed by atoms with Crippen molar-refractivity contribution in [3.63, 3.8) is 0 Å². The lowest BCUT2D eigenvalue weighted by Gasteiger charge is -2.14. The van der Waals surface area contributed by atoms with Gasteiger partial charge in [-0.3, -0.25) is 4.79 Å². The van der Waals surface area contributed by atoms with Crippen LogP contribution in [0.15, 0.2) is 24.3 Å². The number of aliphatic carboxylic acids is 1. The predicted octanol–water partition coefficient (Wildman–Crippen LogP) is 1.99. The minimum atomic E-state index is -0.794. The normalized spacial score (nSPS) is 12.1. The molecule has 1 unspecified atom stereocenters. The molecular formula is C13H19NO3S. The summed E-state index contributed by atoms with van der Waals surface area (Å²) in [4.78, 5) is 11.0. The van der Waals surface area contributed by atoms with Gasteiger partial charge in [0.1, 0.15) is 11.8 Å². The van der Waals surface area contributed by atoms with Crippen molar-refractivity contribution in [2.45, 2.75) is 19.0 Å². The van der Waals surface area contributed by atoms with Gasteiger partial charge in [-0.05, 0) is 36.1 Å². The molecule has 0 radical (unpaired) electrons. The van der Waals surface area contributed by atoms with E-state index in [9.17, 15) is 4.79 Å². The van der Waals surface area contributed by atoms with Gasteiger partial charge in [0.25, 0.3) is 0 Å². The Labute approximate surface area is 112 Å². The number of nitrogens with one attached hydrogen (secondary N) is 1. The molecule has 0 aliphatic heterocycles. The van der Waals surface area contributed by atoms with Gasteiger partial charge in [0.2, 0.25) is 0 Å². The summed E-state index contributed by atoms with van der Waals surface area (Å²) in [5.41, 5.74) is 1.05. The highest BCUT2D eigenvalue weighted by molar-refractivity contribution is 7.98. The maximum Gasteiger partial charge on any atom is 0.320 e. The average molecular weight is 269 g/mol. The van der Waals surface area contributed by atoms with Crippen LogP contribution in [0.3, 0.4) is 0 Å². The topological polar surface area (TPSA) is 58.6 Å². The first-order valence-corrected chi connectivity index (χ1v) is 7.14. The number of methoxy groups -OCH3 is 1. The Balaban J connectivity index is 2.47. The van der Waals surface area contributed by atoms with Gasteiger partial charge in [-0.15, -0.1) is 0 Å². The molecule has 0 fully saturated rings. The van der Waals surface area contributed by atoms with Crippen molar-refractivity contribution in [3.8, 4) is 5.75 Å². The second-order valence-electron chi connectivity index (χ2n) is 3.90. The Morgan fingerprint density at radius 2 is 2.11 bits per heavy atom. The van der Waals surface area contributed by atoms with Gasteiger partial charge in [0.15, 0.2) is 0 Å². The molecular weight excluding hydrogens is 250 g/mol. The van der Waals surface area contributed by atoms with E-state index in [0.717, 1.165) is 17.1 Å². The van der Waals surface area contributed by atoms with Crippen molar-refractivity contribution in [1.82, 2.24) is 5.32 Å². The summed E-state index contributed by atoms with van der Waals surface area (Å²) in [5, 5.41) is 12.1. The lowest BCUT2D eigenvalue weighted by Crippen LogP contribution is -2.36. The molecule has 0 bridgehead atoms. The van der Waals surface area contributed by atoms with E-state index in [0.29, 0.717) is 13.0 Å². The molecule has 4 nitrogen and oxygen atoms in total. The number of thioether (sulfide) groups is 1. The number of carbonyl (C=O) groups is 1. The maximum atomic E-state index is 11.0. The van der Waals surface area contributed by atoms with E-state index in [4.69, 9.17) is 9.84 Å². The van der Waals surface area contributed by atoms with Crippen LogP contribution in [0, 0.1) is 0 Å². The summed E-state index contributed by atoms with van der Waals surface area (Å²) in [6, 6.07) is 7.11. The van der Waals surface area contributed by atoms with Gasteiger partial charge in [-0.2, -0.15) is 11.8 Å². The molecule has 1 aromatic carbocycles. The first-order chi connectivity index (χ1) is 8.67. The Hall–Kier alpha value is -1.20. The van der Waals surface area contributed by atoms with Crippen LogP contribution in [0.5, 0.6) is 5.75 Å². The van der Waals surface area contributed by atoms with E-state index >= 15 is 0 Å². The van der Waals surface area contributed by atoms with Crippen molar-refractivity contribution in [1.29, 1.82) is 0 Å². The molecule has 0 aliphatic carbocycles. The van der Waals surface area contributed by atoms with E-state index < -0.39 is 12.0 Å². The van der Waals surface area contributed by atoms with Crippen molar-refractivity contribution in [2.24, 2.45) is 0 Å². The number of hydrogen-bond acceptors (Lipinski definition) is 4. The molecule has 0 spiro atoms. The molecule has 0 heterocycles. The van der Waals surface area contributed by atoms with Gasteiger partial charge in [0.05, 0.1) is 7.11 Å². The van der Waals surface area contributed by atoms with Crippen LogP contribution >= 0.6 is 11.8 Å². The van der Waals surface area contributed by atoms with Gasteiger partial charge >= 0.3 is 5.97 Å². The molecule has 0 aromatic heterocycles. The zero-order chi connectivity index (χ0) is 13.4. The molecule has 0 amide bonds. The number of carboxylic acid groups (broad SMARTS) is 1. The maximum absolute atomic E-state index is 11.0. The molecule has 1 aromatic rings. The molecule has 0 saturated carbocycles. The zero-order valence-corrected chi connectivity index (χ0v) is 11.5. The summed E-state index contributed by atoms with van der Waals surface area (Å²) in [6.45, 7) is 0.551. The number of carboxylic acids is 1. The summed E-state index contributed by atoms with van der Waals surface area (Å²) in [7, 11) is 1.62. The average Bonchev–Trinajstić information content (AvgIpc) is 2.39. The SMILES string of the molecule is COc1ccc(CNC(CCSC)C(=O)O)cc1. The van der Waals surface area contributed by atoms with E-state index in [2.05, 4.69) is 5.32 Å². The molecule has 1 atom stereocenters. The highest BCUT2D eigenvalue weighted by Crippen LogP contribution is 2.11. The first kappa shape index (κ1) is 14.9. The van der Waals surface area contributed by atoms with Crippen molar-refractivity contribution in [2.75, 3.05) is 19.1 Å². The predicted molar refractivity (Wildman–Crippen MR) is 74.3 cm³/mol. The minimum Gasteiger partial charge on any atom is -0.497 e. The van der Waals surface area contributed by atoms with Crippen LogP contribution in [-0.4, -0.2) is 36.2 Å². The Morgan fingerprint density at radius 3 is 2.61 bits per heavy atom. The Bertz CT molecular complexity index is 367. The van der Waals surface area contributed by atoms with Gasteiger partial charge in [-0.1, -0.05) is 12.1 Å². The third-order valence-corrected chi connectivity index (χ3v) is 3.26. The fourth-order valence-corrected chi connectivity index (χ4v) is 2.00. The van der Waals surface area contributed by atoms with E-state index in [1.54, 1.807) is 18.9 Å². The molecule has 18 heavy (non-hydrogen) atoms. The second kappa shape index (κ2) is 8.00. The number of hydrogen-bond donors (Lipinski definition) is 2. The van der Waals surface area contributed by atoms with E-state index in [1.807, 2.05) is 30.5 Å². The monoisotopic (exact) mass is 269 g/mol. The molecule has 1 rings (SSSR count). The van der Waals surface area contributed by atoms with Gasteiger partial charge < -0.3 is 15.2 Å². The quantitative estimate of drug-likeness (QED) is 0.756. The van der Waals surface area contributed by atoms with Crippen molar-refractivity contribution >= 4 is 17.7 Å². The summed E-state index contributed by atoms with van der Waals surface area (Å²) >= 11 is 1.65. The molecule has 2 N–H and O–H groups in total. The number of rotatable bonds is 8. The zero-order valence-electron chi connectivity index (χ0n) is 10.7. The lowest BCUT2D eigenvalue weighted by molar-refractivity contribution is -0.139. The minimum absolute atomic E-state index is 0.487. The number of ether oxygens (including phenoxy) is 1. The van der Waals surface area contributed by atoms with Crippen molar-refractivity contribution < 1.29 is 14.6 Å². The highest BCUT2D eigenvalue weighted by atomic mass is 32.2. The van der Waals surface area contributed by atoms with E-state index in [1.165, 1.54) is 0 Å². The van der Waals surface area contributed by atoms with Gasteiger partial charge in [-0.25, -0.2) is 0 Å². The van der Waals surface area contributed by atoms with Crippen LogP contribution in [-0.2, 0) is 11.3 Å². The van der Waals surface area contributed by atoms with Gasteiger partial charge in [0, 0.05) is 6.54 Å². The number of benzene rings is 1. The van der Waals surface area contributed by atoms with Crippen LogP contribution in [0.25, 0.3) is 0 Å². The fourth-order valence-electron chi connectivity index (χ4n) is 1.53. The highest BCUT2D eigenvalue weighted by Gasteiger charge is 2.15. The Kier molecular flexibility index (Phi) is 6.60. The second-order valence-corrected chi connectivity index (χ2v) is 4.89. The van der Waals surface area contributed by atoms with Crippen LogP contribution in [0.1, 0.15) is 12.0 Å². The molecule has 100 valence electrons. The van der Waals surface area contributed by atoms with Crippen LogP contribution in [0.2, 0.25) is 0 Å². The summed E-state index contributed by atoms with van der Waals surface area (Å²) in [5.74, 6) is 0.848. The molecule has 0 saturated heterocycles. The molecule has 5 heteroatoms. The summed E-state index contributed by atoms with van der Waals surface area (Å²) < 4.78 is 5.07. The third-order valence-electron chi connectivity index (χ3n) is 2.62. The van der Waals surface area contributed by atoms with E-state index in [-0.39, 0.29) is 0 Å². The third kappa shape index (κ3) is 4.98. The smallest absolute Gasteiger partial charge is 0.320 e. The molecule has 0 aliphatic rings. The van der Waals surface area contributed by atoms with Crippen LogP contribution < -0.4 is 10.1 Å². The van der Waals surface area contributed by atoms with Crippen molar-refractivity contribution in [3.05, 3.63) is 29.8 Å². The lowest BCUT2D eigenvalue weighted by atomic mass is 10.2. The summed E-state index contributed by atoms with van der Waals surface area (Å²) in [6.07, 6.45) is 2.61.